The number of amides is 1. The van der Waals surface area contributed by atoms with Crippen molar-refractivity contribution >= 4 is 22.6 Å². The van der Waals surface area contributed by atoms with E-state index in [1.165, 1.54) is 31.7 Å². The summed E-state index contributed by atoms with van der Waals surface area (Å²) < 4.78 is 19.7. The van der Waals surface area contributed by atoms with Crippen molar-refractivity contribution in [1.82, 2.24) is 25.3 Å². The van der Waals surface area contributed by atoms with Crippen molar-refractivity contribution in [2.24, 2.45) is 0 Å². The molecule has 0 saturated carbocycles. The highest BCUT2D eigenvalue weighted by molar-refractivity contribution is 6.06. The number of hydrogen-bond acceptors (Lipinski definition) is 7. The summed E-state index contributed by atoms with van der Waals surface area (Å²) in [5, 5.41) is 6.12. The molecule has 2 N–H and O–H groups in total. The van der Waals surface area contributed by atoms with Gasteiger partial charge in [0.1, 0.15) is 18.0 Å². The summed E-state index contributed by atoms with van der Waals surface area (Å²) in [6.07, 6.45) is 5.49. The molecule has 9 heteroatoms. The molecule has 4 aromatic rings. The Hall–Kier alpha value is -4.14. The summed E-state index contributed by atoms with van der Waals surface area (Å²) in [7, 11) is 3.09. The molecule has 1 atom stereocenters. The molecule has 0 spiro atoms. The molecule has 0 aliphatic carbocycles. The van der Waals surface area contributed by atoms with E-state index >= 15 is 0 Å². The molecule has 34 heavy (non-hydrogen) atoms. The molecular weight excluding hydrogens is 435 g/mol. The lowest BCUT2D eigenvalue weighted by atomic mass is 9.93. The molecule has 1 unspecified atom stereocenters. The van der Waals surface area contributed by atoms with Crippen LogP contribution in [-0.4, -0.2) is 46.5 Å². The topological polar surface area (TPSA) is 102 Å². The predicted octanol–water partition coefficient (Wildman–Crippen LogP) is 4.20. The summed E-state index contributed by atoms with van der Waals surface area (Å²) in [6.45, 7) is 2.68. The Labute approximate surface area is 196 Å². The Balaban J connectivity index is 1.48. The van der Waals surface area contributed by atoms with Crippen LogP contribution in [0.2, 0.25) is 0 Å². The zero-order valence-electron chi connectivity index (χ0n) is 19.2. The first kappa shape index (κ1) is 23.0. The van der Waals surface area contributed by atoms with E-state index in [4.69, 9.17) is 4.74 Å². The van der Waals surface area contributed by atoms with Gasteiger partial charge in [0.05, 0.1) is 23.9 Å². The molecule has 0 aliphatic heterocycles. The molecule has 4 rings (SSSR count). The van der Waals surface area contributed by atoms with Gasteiger partial charge < -0.3 is 15.4 Å². The van der Waals surface area contributed by atoms with Gasteiger partial charge in [-0.25, -0.2) is 19.3 Å². The van der Waals surface area contributed by atoms with Gasteiger partial charge in [0.2, 0.25) is 5.88 Å². The van der Waals surface area contributed by atoms with Crippen molar-refractivity contribution in [1.29, 1.82) is 0 Å². The summed E-state index contributed by atoms with van der Waals surface area (Å²) >= 11 is 0. The van der Waals surface area contributed by atoms with Crippen LogP contribution in [0.5, 0.6) is 5.88 Å². The number of ether oxygens (including phenoxy) is 1. The number of methoxy groups -OCH3 is 1. The number of rotatable bonds is 8. The maximum atomic E-state index is 14.6. The number of nitrogens with zero attached hydrogens (tertiary/aromatic N) is 4. The van der Waals surface area contributed by atoms with E-state index in [2.05, 4.69) is 37.5 Å². The zero-order valence-corrected chi connectivity index (χ0v) is 19.2. The van der Waals surface area contributed by atoms with Crippen molar-refractivity contribution < 1.29 is 13.9 Å². The summed E-state index contributed by atoms with van der Waals surface area (Å²) in [5.41, 5.74) is 3.27. The average molecular weight is 461 g/mol. The molecule has 1 aromatic carbocycles. The Morgan fingerprint density at radius 3 is 2.71 bits per heavy atom. The number of anilines is 1. The minimum atomic E-state index is -0.461. The molecule has 0 saturated heterocycles. The van der Waals surface area contributed by atoms with Gasteiger partial charge >= 0.3 is 0 Å². The monoisotopic (exact) mass is 460 g/mol. The summed E-state index contributed by atoms with van der Waals surface area (Å²) in [4.78, 5) is 29.4. The number of pyridine rings is 2. The first-order chi connectivity index (χ1) is 16.5. The second-order valence-electron chi connectivity index (χ2n) is 7.79. The molecule has 0 aliphatic rings. The molecular formula is C25H25FN6O2. The maximum Gasteiger partial charge on any atom is 0.251 e. The van der Waals surface area contributed by atoms with Crippen LogP contribution in [0.3, 0.4) is 0 Å². The molecule has 0 bridgehead atoms. The van der Waals surface area contributed by atoms with Crippen LogP contribution < -0.4 is 15.4 Å². The Bertz CT molecular complexity index is 1310. The highest BCUT2D eigenvalue weighted by Crippen LogP contribution is 2.30. The number of carbonyl (C=O) groups excluding carboxylic acids is 1. The minimum Gasteiger partial charge on any atom is -0.481 e. The highest BCUT2D eigenvalue weighted by atomic mass is 19.1. The van der Waals surface area contributed by atoms with E-state index in [1.54, 1.807) is 25.4 Å². The average Bonchev–Trinajstić information content (AvgIpc) is 2.88. The maximum absolute atomic E-state index is 14.6. The second-order valence-corrected chi connectivity index (χ2v) is 7.79. The van der Waals surface area contributed by atoms with Crippen LogP contribution in [0, 0.1) is 5.82 Å². The lowest BCUT2D eigenvalue weighted by molar-refractivity contribution is 0.0964. The number of fused-ring (bicyclic) bond motifs is 1. The van der Waals surface area contributed by atoms with Crippen LogP contribution in [0.4, 0.5) is 10.2 Å². The normalized spacial score (nSPS) is 11.8. The van der Waals surface area contributed by atoms with Crippen molar-refractivity contribution in [3.05, 3.63) is 72.1 Å². The van der Waals surface area contributed by atoms with Gasteiger partial charge in [0.15, 0.2) is 0 Å². The zero-order chi connectivity index (χ0) is 24.1. The van der Waals surface area contributed by atoms with E-state index < -0.39 is 5.82 Å². The quantitative estimate of drug-likeness (QED) is 0.406. The lowest BCUT2D eigenvalue weighted by Crippen LogP contribution is -2.19. The fourth-order valence-electron chi connectivity index (χ4n) is 3.81. The van der Waals surface area contributed by atoms with Crippen molar-refractivity contribution in [2.75, 3.05) is 26.0 Å². The van der Waals surface area contributed by atoms with Gasteiger partial charge in [0.25, 0.3) is 5.91 Å². The van der Waals surface area contributed by atoms with E-state index in [9.17, 15) is 9.18 Å². The number of hydrogen-bond donors (Lipinski definition) is 2. The van der Waals surface area contributed by atoms with Gasteiger partial charge in [-0.15, -0.1) is 0 Å². The van der Waals surface area contributed by atoms with E-state index in [1.807, 2.05) is 12.1 Å². The van der Waals surface area contributed by atoms with Gasteiger partial charge in [0, 0.05) is 49.1 Å². The summed E-state index contributed by atoms with van der Waals surface area (Å²) in [6, 6.07) is 10.2. The molecule has 174 valence electrons. The molecule has 0 fully saturated rings. The second kappa shape index (κ2) is 10.2. The summed E-state index contributed by atoms with van der Waals surface area (Å²) in [5.74, 6) is 0.490. The van der Waals surface area contributed by atoms with Crippen LogP contribution in [0.1, 0.15) is 35.2 Å². The van der Waals surface area contributed by atoms with Gasteiger partial charge in [-0.3, -0.25) is 9.78 Å². The van der Waals surface area contributed by atoms with Crippen LogP contribution in [0.15, 0.2) is 55.1 Å². The SMILES string of the molecule is CNC(=O)c1ccnc2c(C(C)CCNc3cc(-c4ccc(OC)nc4)ncn3)ccc(F)c12. The number of aromatic nitrogens is 4. The van der Waals surface area contributed by atoms with Crippen LogP contribution in [0.25, 0.3) is 22.2 Å². The predicted molar refractivity (Wildman–Crippen MR) is 128 cm³/mol. The Morgan fingerprint density at radius 1 is 1.12 bits per heavy atom. The van der Waals surface area contributed by atoms with Crippen molar-refractivity contribution in [2.45, 2.75) is 19.3 Å². The smallest absolute Gasteiger partial charge is 0.251 e. The van der Waals surface area contributed by atoms with Crippen molar-refractivity contribution in [3.8, 4) is 17.1 Å². The van der Waals surface area contributed by atoms with Gasteiger partial charge in [-0.1, -0.05) is 13.0 Å². The fourth-order valence-corrected chi connectivity index (χ4v) is 3.81. The molecule has 1 amide bonds. The fraction of sp³-hybridized carbons (Fsp3) is 0.240. The lowest BCUT2D eigenvalue weighted by Gasteiger charge is -2.16. The van der Waals surface area contributed by atoms with Gasteiger partial charge in [-0.2, -0.15) is 0 Å². The highest BCUT2D eigenvalue weighted by Gasteiger charge is 2.18. The van der Waals surface area contributed by atoms with Crippen LogP contribution >= 0.6 is 0 Å². The number of benzene rings is 1. The number of nitrogens with one attached hydrogen (secondary N) is 2. The number of carbonyl (C=O) groups is 1. The first-order valence-corrected chi connectivity index (χ1v) is 10.9. The third kappa shape index (κ3) is 4.78. The van der Waals surface area contributed by atoms with Crippen LogP contribution in [-0.2, 0) is 0 Å². The standard InChI is InChI=1S/C25H25FN6O2/c1-15(17-5-6-19(26)23-18(25(33)27-2)9-11-29-24(17)23)8-10-28-21-12-20(31-14-32-21)16-4-7-22(34-3)30-13-16/h4-7,9,11-15H,8,10H2,1-3H3,(H,27,33)(H,28,31,32). The minimum absolute atomic E-state index is 0.0649. The molecule has 8 nitrogen and oxygen atoms in total. The Kier molecular flexibility index (Phi) is 6.91. The first-order valence-electron chi connectivity index (χ1n) is 10.9. The van der Waals surface area contributed by atoms with E-state index in [0.717, 1.165) is 23.2 Å². The van der Waals surface area contributed by atoms with Crippen molar-refractivity contribution in [3.63, 3.8) is 0 Å². The Morgan fingerprint density at radius 2 is 1.97 bits per heavy atom. The third-order valence-corrected chi connectivity index (χ3v) is 5.67. The molecule has 3 aromatic heterocycles. The van der Waals surface area contributed by atoms with Gasteiger partial charge in [-0.05, 0) is 36.1 Å². The van der Waals surface area contributed by atoms with E-state index in [-0.39, 0.29) is 22.8 Å². The third-order valence-electron chi connectivity index (χ3n) is 5.67. The molecule has 3 heterocycles. The van der Waals surface area contributed by atoms with E-state index in [0.29, 0.717) is 23.8 Å². The number of halogens is 1. The molecule has 0 radical (unpaired) electrons. The largest absolute Gasteiger partial charge is 0.481 e.